The Labute approximate surface area is 214 Å². The first-order chi connectivity index (χ1) is 15.9. The SMILES string of the molecule is CC(C)COc1cccc(C(=O)NC(=S)Nc2cccc3c(Cl)c(C(=O)NC(C)(C)C)sc23)c1. The summed E-state index contributed by atoms with van der Waals surface area (Å²) in [4.78, 5) is 25.8. The van der Waals surface area contributed by atoms with Gasteiger partial charge in [0.05, 0.1) is 22.0 Å². The quantitative estimate of drug-likeness (QED) is 0.337. The Morgan fingerprint density at radius 3 is 2.50 bits per heavy atom. The molecule has 0 aliphatic carbocycles. The summed E-state index contributed by atoms with van der Waals surface area (Å²) in [5, 5.41) is 9.95. The summed E-state index contributed by atoms with van der Waals surface area (Å²) in [5.74, 6) is 0.413. The highest BCUT2D eigenvalue weighted by Crippen LogP contribution is 2.39. The van der Waals surface area contributed by atoms with Gasteiger partial charge in [-0.1, -0.05) is 43.6 Å². The third kappa shape index (κ3) is 6.68. The van der Waals surface area contributed by atoms with Gasteiger partial charge in [-0.2, -0.15) is 0 Å². The number of halogens is 1. The van der Waals surface area contributed by atoms with Gasteiger partial charge in [0.1, 0.15) is 10.6 Å². The molecule has 2 aromatic carbocycles. The van der Waals surface area contributed by atoms with Gasteiger partial charge < -0.3 is 15.4 Å². The van der Waals surface area contributed by atoms with Crippen molar-refractivity contribution < 1.29 is 14.3 Å². The van der Waals surface area contributed by atoms with Crippen LogP contribution in [0.3, 0.4) is 0 Å². The van der Waals surface area contributed by atoms with Gasteiger partial charge in [0.15, 0.2) is 5.11 Å². The molecule has 6 nitrogen and oxygen atoms in total. The molecule has 3 aromatic rings. The number of nitrogens with one attached hydrogen (secondary N) is 3. The minimum Gasteiger partial charge on any atom is -0.493 e. The molecule has 0 saturated heterocycles. The summed E-state index contributed by atoms with van der Waals surface area (Å²) in [7, 11) is 0. The lowest BCUT2D eigenvalue weighted by Crippen LogP contribution is -2.40. The van der Waals surface area contributed by atoms with Crippen molar-refractivity contribution in [3.05, 3.63) is 57.9 Å². The highest BCUT2D eigenvalue weighted by atomic mass is 35.5. The number of thiocarbonyl (C=S) groups is 1. The minimum atomic E-state index is -0.388. The Kier molecular flexibility index (Phi) is 8.17. The van der Waals surface area contributed by atoms with Crippen LogP contribution in [0, 0.1) is 5.92 Å². The maximum Gasteiger partial charge on any atom is 0.263 e. The van der Waals surface area contributed by atoms with Crippen molar-refractivity contribution in [2.75, 3.05) is 11.9 Å². The lowest BCUT2D eigenvalue weighted by atomic mass is 10.1. The number of rotatable bonds is 6. The highest BCUT2D eigenvalue weighted by molar-refractivity contribution is 7.80. The Bertz CT molecular complexity index is 1230. The Balaban J connectivity index is 1.75. The fourth-order valence-corrected chi connectivity index (χ4v) is 4.72. The molecular weight excluding hydrogens is 490 g/mol. The fourth-order valence-electron chi connectivity index (χ4n) is 3.05. The van der Waals surface area contributed by atoms with Gasteiger partial charge >= 0.3 is 0 Å². The summed E-state index contributed by atoms with van der Waals surface area (Å²) in [6.07, 6.45) is 0. The van der Waals surface area contributed by atoms with Crippen LogP contribution in [0.15, 0.2) is 42.5 Å². The summed E-state index contributed by atoms with van der Waals surface area (Å²) in [6, 6.07) is 12.4. The monoisotopic (exact) mass is 517 g/mol. The van der Waals surface area contributed by atoms with Crippen molar-refractivity contribution in [3.63, 3.8) is 0 Å². The molecule has 0 saturated carbocycles. The molecule has 0 aliphatic heterocycles. The lowest BCUT2D eigenvalue weighted by Gasteiger charge is -2.19. The zero-order chi connectivity index (χ0) is 25.0. The van der Waals surface area contributed by atoms with Gasteiger partial charge in [0.2, 0.25) is 0 Å². The van der Waals surface area contributed by atoms with E-state index in [9.17, 15) is 9.59 Å². The topological polar surface area (TPSA) is 79.5 Å². The van der Waals surface area contributed by atoms with E-state index in [-0.39, 0.29) is 22.5 Å². The van der Waals surface area contributed by atoms with Crippen molar-refractivity contribution >= 4 is 67.9 Å². The van der Waals surface area contributed by atoms with Crippen LogP contribution in [0.1, 0.15) is 54.6 Å². The highest BCUT2D eigenvalue weighted by Gasteiger charge is 2.22. The fraction of sp³-hybridized carbons (Fsp3) is 0.320. The molecule has 0 radical (unpaired) electrons. The summed E-state index contributed by atoms with van der Waals surface area (Å²) < 4.78 is 6.47. The molecule has 1 aromatic heterocycles. The molecule has 180 valence electrons. The van der Waals surface area contributed by atoms with E-state index < -0.39 is 0 Å². The number of carbonyl (C=O) groups is 2. The van der Waals surface area contributed by atoms with E-state index in [2.05, 4.69) is 29.8 Å². The van der Waals surface area contributed by atoms with Crippen molar-refractivity contribution in [3.8, 4) is 5.75 Å². The number of thiophene rings is 1. The predicted molar refractivity (Wildman–Crippen MR) is 145 cm³/mol. The molecule has 2 amide bonds. The average Bonchev–Trinajstić information content (AvgIpc) is 3.09. The zero-order valence-electron chi connectivity index (χ0n) is 19.7. The molecule has 3 N–H and O–H groups in total. The Morgan fingerprint density at radius 2 is 1.82 bits per heavy atom. The van der Waals surface area contributed by atoms with Gasteiger partial charge in [0.25, 0.3) is 11.8 Å². The van der Waals surface area contributed by atoms with Crippen molar-refractivity contribution in [2.45, 2.75) is 40.2 Å². The summed E-state index contributed by atoms with van der Waals surface area (Å²) in [6.45, 7) is 10.4. The number of hydrogen-bond donors (Lipinski definition) is 3. The molecule has 0 aliphatic rings. The average molecular weight is 518 g/mol. The number of carbonyl (C=O) groups excluding carboxylic acids is 2. The van der Waals surface area contributed by atoms with Crippen LogP contribution >= 0.6 is 35.2 Å². The number of benzene rings is 2. The maximum absolute atomic E-state index is 12.7. The smallest absolute Gasteiger partial charge is 0.263 e. The second-order valence-corrected chi connectivity index (χ2v) is 11.1. The van der Waals surface area contributed by atoms with Gasteiger partial charge in [-0.25, -0.2) is 0 Å². The van der Waals surface area contributed by atoms with Crippen molar-refractivity contribution in [2.24, 2.45) is 5.92 Å². The second kappa shape index (κ2) is 10.7. The summed E-state index contributed by atoms with van der Waals surface area (Å²) in [5.41, 5.74) is 0.697. The number of fused-ring (bicyclic) bond motifs is 1. The molecule has 34 heavy (non-hydrogen) atoms. The van der Waals surface area contributed by atoms with Crippen molar-refractivity contribution in [1.82, 2.24) is 10.6 Å². The van der Waals surface area contributed by atoms with E-state index >= 15 is 0 Å². The van der Waals surface area contributed by atoms with E-state index in [4.69, 9.17) is 28.6 Å². The molecule has 0 unspecified atom stereocenters. The van der Waals surface area contributed by atoms with Crippen molar-refractivity contribution in [1.29, 1.82) is 0 Å². The first-order valence-corrected chi connectivity index (χ1v) is 12.4. The molecule has 0 bridgehead atoms. The standard InChI is InChI=1S/C25H28ClN3O3S2/c1-14(2)13-32-16-9-6-8-15(12-16)22(30)28-24(33)27-18-11-7-10-17-19(26)21(34-20(17)18)23(31)29-25(3,4)5/h6-12,14H,13H2,1-5H3,(H,29,31)(H2,27,28,30,33). The summed E-state index contributed by atoms with van der Waals surface area (Å²) >= 11 is 13.2. The molecule has 0 atom stereocenters. The van der Waals surface area contributed by atoms with E-state index in [0.717, 1.165) is 10.1 Å². The lowest BCUT2D eigenvalue weighted by molar-refractivity contribution is 0.0922. The van der Waals surface area contributed by atoms with E-state index in [1.807, 2.05) is 45.0 Å². The number of hydrogen-bond acceptors (Lipinski definition) is 5. The van der Waals surface area contributed by atoms with Gasteiger partial charge in [-0.15, -0.1) is 11.3 Å². The second-order valence-electron chi connectivity index (χ2n) is 9.27. The van der Waals surface area contributed by atoms with Gasteiger partial charge in [-0.3, -0.25) is 14.9 Å². The third-order valence-corrected chi connectivity index (χ3v) is 6.45. The third-order valence-electron chi connectivity index (χ3n) is 4.50. The molecule has 1 heterocycles. The molecule has 9 heteroatoms. The normalized spacial score (nSPS) is 11.4. The molecule has 0 fully saturated rings. The van der Waals surface area contributed by atoms with Crippen LogP contribution in [0.25, 0.3) is 10.1 Å². The van der Waals surface area contributed by atoms with Crippen LogP contribution in [-0.2, 0) is 0 Å². The first-order valence-electron chi connectivity index (χ1n) is 10.8. The van der Waals surface area contributed by atoms with Gasteiger partial charge in [0, 0.05) is 16.5 Å². The Morgan fingerprint density at radius 1 is 1.12 bits per heavy atom. The van der Waals surface area contributed by atoms with E-state index in [1.54, 1.807) is 18.2 Å². The molecule has 3 rings (SSSR count). The Hall–Kier alpha value is -2.68. The van der Waals surface area contributed by atoms with Crippen LogP contribution in [-0.4, -0.2) is 29.1 Å². The van der Waals surface area contributed by atoms with Crippen LogP contribution in [0.2, 0.25) is 5.02 Å². The van der Waals surface area contributed by atoms with E-state index in [0.29, 0.717) is 39.4 Å². The number of ether oxygens (including phenoxy) is 1. The van der Waals surface area contributed by atoms with Crippen LogP contribution in [0.4, 0.5) is 5.69 Å². The number of anilines is 1. The van der Waals surface area contributed by atoms with Gasteiger partial charge in [-0.05, 0) is 63.2 Å². The molecule has 0 spiro atoms. The largest absolute Gasteiger partial charge is 0.493 e. The minimum absolute atomic E-state index is 0.135. The first kappa shape index (κ1) is 25.9. The van der Waals surface area contributed by atoms with Crippen LogP contribution in [0.5, 0.6) is 5.75 Å². The number of amides is 2. The van der Waals surface area contributed by atoms with E-state index in [1.165, 1.54) is 11.3 Å². The van der Waals surface area contributed by atoms with Crippen LogP contribution < -0.4 is 20.7 Å². The maximum atomic E-state index is 12.7. The zero-order valence-corrected chi connectivity index (χ0v) is 22.1. The molecular formula is C25H28ClN3O3S2. The predicted octanol–water partition coefficient (Wildman–Crippen LogP) is 6.24.